The molecule has 0 aromatic heterocycles. The molecule has 0 amide bonds. The van der Waals surface area contributed by atoms with E-state index in [-0.39, 0.29) is 12.1 Å². The Kier molecular flexibility index (Phi) is 3.05. The maximum Gasteiger partial charge on any atom is 0.150 e. The molecule has 0 aliphatic carbocycles. The smallest absolute Gasteiger partial charge is 0.150 e. The maximum absolute atomic E-state index is 11.3. The van der Waals surface area contributed by atoms with Gasteiger partial charge >= 0.3 is 0 Å². The molecule has 0 aromatic rings. The highest BCUT2D eigenvalue weighted by Gasteiger charge is 2.42. The van der Waals surface area contributed by atoms with E-state index in [9.17, 15) is 13.5 Å². The van der Waals surface area contributed by atoms with E-state index in [0.29, 0.717) is 30.3 Å². The molecule has 15 heavy (non-hydrogen) atoms. The topological polar surface area (TPSA) is 66.4 Å². The number of nitrogens with one attached hydrogen (secondary N) is 1. The second-order valence-electron chi connectivity index (χ2n) is 4.77. The van der Waals surface area contributed by atoms with Gasteiger partial charge in [-0.2, -0.15) is 0 Å². The minimum absolute atomic E-state index is 0.137. The number of aliphatic hydroxyl groups is 1. The molecule has 0 aromatic carbocycles. The van der Waals surface area contributed by atoms with Gasteiger partial charge in [0.05, 0.1) is 18.1 Å². The lowest BCUT2D eigenvalue weighted by Gasteiger charge is -2.38. The summed E-state index contributed by atoms with van der Waals surface area (Å²) in [4.78, 5) is 0. The van der Waals surface area contributed by atoms with E-state index in [1.165, 1.54) is 0 Å². The summed E-state index contributed by atoms with van der Waals surface area (Å²) in [7, 11) is -2.79. The van der Waals surface area contributed by atoms with Crippen LogP contribution in [0.1, 0.15) is 25.7 Å². The van der Waals surface area contributed by atoms with Gasteiger partial charge in [-0.1, -0.05) is 0 Å². The van der Waals surface area contributed by atoms with Gasteiger partial charge in [0.25, 0.3) is 0 Å². The molecule has 2 fully saturated rings. The van der Waals surface area contributed by atoms with Crippen molar-refractivity contribution < 1.29 is 13.5 Å². The Labute approximate surface area is 91.0 Å². The molecule has 2 aliphatic heterocycles. The number of rotatable bonds is 2. The predicted molar refractivity (Wildman–Crippen MR) is 58.4 cm³/mol. The fraction of sp³-hybridized carbons (Fsp3) is 1.00. The molecule has 0 saturated carbocycles. The molecular formula is C10H19NO3S. The Bertz CT molecular complexity index is 306. The molecule has 2 aliphatic rings. The highest BCUT2D eigenvalue weighted by molar-refractivity contribution is 7.91. The molecule has 2 N–H and O–H groups in total. The molecule has 2 heterocycles. The molecule has 2 rings (SSSR count). The minimum atomic E-state index is -2.79. The first-order valence-electron chi connectivity index (χ1n) is 5.64. The summed E-state index contributed by atoms with van der Waals surface area (Å²) >= 11 is 0. The van der Waals surface area contributed by atoms with Crippen LogP contribution in [0.5, 0.6) is 0 Å². The first-order chi connectivity index (χ1) is 7.08. The van der Waals surface area contributed by atoms with E-state index in [0.717, 1.165) is 19.4 Å². The monoisotopic (exact) mass is 233 g/mol. The van der Waals surface area contributed by atoms with Gasteiger partial charge in [0, 0.05) is 5.54 Å². The number of hydrogen-bond donors (Lipinski definition) is 2. The van der Waals surface area contributed by atoms with Crippen LogP contribution >= 0.6 is 0 Å². The fourth-order valence-corrected chi connectivity index (χ4v) is 4.38. The van der Waals surface area contributed by atoms with Crippen LogP contribution in [-0.4, -0.2) is 43.7 Å². The van der Waals surface area contributed by atoms with Crippen LogP contribution in [0.15, 0.2) is 0 Å². The van der Waals surface area contributed by atoms with Crippen molar-refractivity contribution in [2.45, 2.75) is 31.2 Å². The van der Waals surface area contributed by atoms with Crippen LogP contribution in [-0.2, 0) is 9.84 Å². The molecule has 2 saturated heterocycles. The number of aliphatic hydroxyl groups excluding tert-OH is 1. The van der Waals surface area contributed by atoms with E-state index < -0.39 is 9.84 Å². The van der Waals surface area contributed by atoms with Crippen LogP contribution in [0.25, 0.3) is 0 Å². The summed E-state index contributed by atoms with van der Waals surface area (Å²) in [5.74, 6) is 0.913. The Morgan fingerprint density at radius 3 is 2.47 bits per heavy atom. The highest BCUT2D eigenvalue weighted by Crippen LogP contribution is 2.35. The average molecular weight is 233 g/mol. The zero-order valence-electron chi connectivity index (χ0n) is 8.91. The molecule has 1 atom stereocenters. The van der Waals surface area contributed by atoms with E-state index in [2.05, 4.69) is 5.32 Å². The molecule has 5 heteroatoms. The Hall–Kier alpha value is -0.130. The number of hydrogen-bond acceptors (Lipinski definition) is 4. The van der Waals surface area contributed by atoms with Gasteiger partial charge in [0.1, 0.15) is 9.84 Å². The van der Waals surface area contributed by atoms with Gasteiger partial charge in [-0.25, -0.2) is 8.42 Å². The van der Waals surface area contributed by atoms with Gasteiger partial charge in [0.2, 0.25) is 0 Å². The second kappa shape index (κ2) is 4.03. The summed E-state index contributed by atoms with van der Waals surface area (Å²) in [6.07, 6.45) is 3.48. The largest absolute Gasteiger partial charge is 0.394 e. The summed E-state index contributed by atoms with van der Waals surface area (Å²) in [6, 6.07) is 0. The number of sulfone groups is 1. The Morgan fingerprint density at radius 2 is 2.00 bits per heavy atom. The van der Waals surface area contributed by atoms with Crippen molar-refractivity contribution in [1.82, 2.24) is 5.32 Å². The first kappa shape index (κ1) is 11.4. The fourth-order valence-electron chi connectivity index (χ4n) is 2.88. The summed E-state index contributed by atoms with van der Waals surface area (Å²) in [5.41, 5.74) is -0.185. The van der Waals surface area contributed by atoms with E-state index in [4.69, 9.17) is 0 Å². The summed E-state index contributed by atoms with van der Waals surface area (Å²) in [6.45, 7) is 1.08. The lowest BCUT2D eigenvalue weighted by atomic mass is 9.79. The van der Waals surface area contributed by atoms with Gasteiger partial charge in [-0.05, 0) is 38.1 Å². The lowest BCUT2D eigenvalue weighted by molar-refractivity contribution is 0.113. The predicted octanol–water partition coefficient (Wildman–Crippen LogP) is -0.0743. The van der Waals surface area contributed by atoms with Crippen molar-refractivity contribution in [1.29, 1.82) is 0 Å². The SMILES string of the molecule is O=S1(=O)CCC(C2(CO)CCCN2)CC1. The van der Waals surface area contributed by atoms with Gasteiger partial charge in [-0.15, -0.1) is 0 Å². The third-order valence-corrected chi connectivity index (χ3v) is 5.61. The average Bonchev–Trinajstić information content (AvgIpc) is 2.67. The van der Waals surface area contributed by atoms with Crippen molar-refractivity contribution in [3.63, 3.8) is 0 Å². The van der Waals surface area contributed by atoms with Gasteiger partial charge < -0.3 is 10.4 Å². The summed E-state index contributed by atoms with van der Waals surface area (Å²) in [5, 5.41) is 12.9. The van der Waals surface area contributed by atoms with Crippen LogP contribution in [0.2, 0.25) is 0 Å². The summed E-state index contributed by atoms with van der Waals surface area (Å²) < 4.78 is 22.6. The quantitative estimate of drug-likeness (QED) is 0.700. The molecule has 1 unspecified atom stereocenters. The van der Waals surface area contributed by atoms with Crippen LogP contribution in [0, 0.1) is 5.92 Å². The maximum atomic E-state index is 11.3. The minimum Gasteiger partial charge on any atom is -0.394 e. The third kappa shape index (κ3) is 2.19. The van der Waals surface area contributed by atoms with E-state index in [1.807, 2.05) is 0 Å². The molecule has 0 bridgehead atoms. The van der Waals surface area contributed by atoms with Gasteiger partial charge in [0.15, 0.2) is 0 Å². The van der Waals surface area contributed by atoms with Crippen molar-refractivity contribution in [3.05, 3.63) is 0 Å². The molecule has 88 valence electrons. The molecular weight excluding hydrogens is 214 g/mol. The molecule has 0 spiro atoms. The standard InChI is InChI=1S/C10H19NO3S/c12-8-10(4-1-5-11-10)9-2-6-15(13,14)7-3-9/h9,11-12H,1-8H2. The molecule has 0 radical (unpaired) electrons. The van der Waals surface area contributed by atoms with E-state index in [1.54, 1.807) is 0 Å². The zero-order valence-corrected chi connectivity index (χ0v) is 9.72. The van der Waals surface area contributed by atoms with Crippen molar-refractivity contribution in [3.8, 4) is 0 Å². The van der Waals surface area contributed by atoms with Crippen molar-refractivity contribution in [2.24, 2.45) is 5.92 Å². The van der Waals surface area contributed by atoms with Gasteiger partial charge in [-0.3, -0.25) is 0 Å². The van der Waals surface area contributed by atoms with Crippen LogP contribution in [0.3, 0.4) is 0 Å². The Morgan fingerprint density at radius 1 is 1.33 bits per heavy atom. The van der Waals surface area contributed by atoms with Crippen molar-refractivity contribution >= 4 is 9.84 Å². The molecule has 4 nitrogen and oxygen atoms in total. The third-order valence-electron chi connectivity index (χ3n) is 3.89. The van der Waals surface area contributed by atoms with E-state index >= 15 is 0 Å². The van der Waals surface area contributed by atoms with Crippen LogP contribution in [0.4, 0.5) is 0 Å². The first-order valence-corrected chi connectivity index (χ1v) is 7.46. The zero-order chi connectivity index (χ0) is 10.9. The normalized spacial score (nSPS) is 36.9. The van der Waals surface area contributed by atoms with Crippen LogP contribution < -0.4 is 5.32 Å². The highest BCUT2D eigenvalue weighted by atomic mass is 32.2. The Balaban J connectivity index is 2.05. The lowest BCUT2D eigenvalue weighted by Crippen LogP contribution is -2.52. The second-order valence-corrected chi connectivity index (χ2v) is 7.07. The van der Waals surface area contributed by atoms with Crippen molar-refractivity contribution in [2.75, 3.05) is 24.7 Å².